The van der Waals surface area contributed by atoms with E-state index in [9.17, 15) is 5.26 Å². The van der Waals surface area contributed by atoms with Crippen LogP contribution in [-0.4, -0.2) is 23.1 Å². The van der Waals surface area contributed by atoms with E-state index in [0.29, 0.717) is 0 Å². The zero-order valence-electron chi connectivity index (χ0n) is 13.1. The molecule has 3 rings (SSSR count). The van der Waals surface area contributed by atoms with Gasteiger partial charge in [-0.25, -0.2) is 9.97 Å². The zero-order valence-corrected chi connectivity index (χ0v) is 13.1. The molecule has 0 radical (unpaired) electrons. The maximum Gasteiger partial charge on any atom is 0.225 e. The standard InChI is InChI=1S/C18H20N4/c1-14-12-15(2)21-17(20-14)22-10-8-18(13-19,9-11-22)16-6-4-3-5-7-16/h3-7,12H,8-11H2,1-2H3. The van der Waals surface area contributed by atoms with E-state index in [0.717, 1.165) is 48.8 Å². The highest BCUT2D eigenvalue weighted by Crippen LogP contribution is 2.35. The Balaban J connectivity index is 1.81. The average molecular weight is 292 g/mol. The van der Waals surface area contributed by atoms with E-state index in [1.165, 1.54) is 0 Å². The molecule has 1 fully saturated rings. The zero-order chi connectivity index (χ0) is 15.6. The van der Waals surface area contributed by atoms with Crippen molar-refractivity contribution in [2.75, 3.05) is 18.0 Å². The summed E-state index contributed by atoms with van der Waals surface area (Å²) in [6, 6.07) is 14.7. The van der Waals surface area contributed by atoms with E-state index in [1.54, 1.807) is 0 Å². The summed E-state index contributed by atoms with van der Waals surface area (Å²) in [7, 11) is 0. The summed E-state index contributed by atoms with van der Waals surface area (Å²) in [5, 5.41) is 9.74. The highest BCUT2D eigenvalue weighted by atomic mass is 15.3. The van der Waals surface area contributed by atoms with Gasteiger partial charge in [-0.1, -0.05) is 30.3 Å². The van der Waals surface area contributed by atoms with Crippen LogP contribution >= 0.6 is 0 Å². The molecule has 0 aliphatic carbocycles. The fraction of sp³-hybridized carbons (Fsp3) is 0.389. The largest absolute Gasteiger partial charge is 0.341 e. The highest BCUT2D eigenvalue weighted by molar-refractivity contribution is 5.39. The minimum atomic E-state index is -0.378. The van der Waals surface area contributed by atoms with Crippen LogP contribution in [0, 0.1) is 25.2 Å². The molecule has 1 aromatic carbocycles. The molecule has 2 heterocycles. The molecule has 112 valence electrons. The summed E-state index contributed by atoms with van der Waals surface area (Å²) >= 11 is 0. The van der Waals surface area contributed by atoms with Crippen LogP contribution in [0.15, 0.2) is 36.4 Å². The second-order valence-electron chi connectivity index (χ2n) is 6.00. The van der Waals surface area contributed by atoms with Gasteiger partial charge in [-0.15, -0.1) is 0 Å². The lowest BCUT2D eigenvalue weighted by Crippen LogP contribution is -2.42. The van der Waals surface area contributed by atoms with Gasteiger partial charge in [-0.3, -0.25) is 0 Å². The Labute approximate surface area is 131 Å². The van der Waals surface area contributed by atoms with Gasteiger partial charge in [0.1, 0.15) is 0 Å². The number of nitriles is 1. The van der Waals surface area contributed by atoms with Crippen LogP contribution in [0.1, 0.15) is 29.8 Å². The van der Waals surface area contributed by atoms with Crippen LogP contribution in [0.2, 0.25) is 0 Å². The van der Waals surface area contributed by atoms with Crippen molar-refractivity contribution in [3.05, 3.63) is 53.3 Å². The van der Waals surface area contributed by atoms with E-state index in [-0.39, 0.29) is 5.41 Å². The molecule has 0 unspecified atom stereocenters. The van der Waals surface area contributed by atoms with Gasteiger partial charge in [0, 0.05) is 24.5 Å². The monoisotopic (exact) mass is 292 g/mol. The normalized spacial score (nSPS) is 17.0. The molecule has 0 N–H and O–H groups in total. The predicted molar refractivity (Wildman–Crippen MR) is 86.7 cm³/mol. The molecule has 1 aromatic heterocycles. The number of nitrogens with zero attached hydrogens (tertiary/aromatic N) is 4. The average Bonchev–Trinajstić information content (AvgIpc) is 2.55. The fourth-order valence-corrected chi connectivity index (χ4v) is 3.16. The predicted octanol–water partition coefficient (Wildman–Crippen LogP) is 3.16. The lowest BCUT2D eigenvalue weighted by molar-refractivity contribution is 0.412. The van der Waals surface area contributed by atoms with Gasteiger partial charge in [-0.2, -0.15) is 5.26 Å². The molecule has 1 aliphatic heterocycles. The first-order chi connectivity index (χ1) is 10.6. The Hall–Kier alpha value is -2.41. The fourth-order valence-electron chi connectivity index (χ4n) is 3.16. The van der Waals surface area contributed by atoms with Gasteiger partial charge in [0.15, 0.2) is 0 Å². The maximum atomic E-state index is 9.74. The second kappa shape index (κ2) is 5.76. The van der Waals surface area contributed by atoms with Crippen LogP contribution in [0.25, 0.3) is 0 Å². The smallest absolute Gasteiger partial charge is 0.225 e. The van der Waals surface area contributed by atoms with Crippen LogP contribution in [-0.2, 0) is 5.41 Å². The number of hydrogen-bond donors (Lipinski definition) is 0. The number of anilines is 1. The Morgan fingerprint density at radius 3 is 2.18 bits per heavy atom. The topological polar surface area (TPSA) is 52.8 Å². The molecule has 1 saturated heterocycles. The van der Waals surface area contributed by atoms with Crippen LogP contribution in [0.4, 0.5) is 5.95 Å². The van der Waals surface area contributed by atoms with Gasteiger partial charge >= 0.3 is 0 Å². The van der Waals surface area contributed by atoms with Gasteiger partial charge in [0.25, 0.3) is 0 Å². The van der Waals surface area contributed by atoms with E-state index in [1.807, 2.05) is 38.1 Å². The molecule has 4 heteroatoms. The molecule has 0 amide bonds. The molecular weight excluding hydrogens is 272 g/mol. The molecule has 1 aliphatic rings. The van der Waals surface area contributed by atoms with E-state index < -0.39 is 0 Å². The number of aryl methyl sites for hydroxylation is 2. The third-order valence-electron chi connectivity index (χ3n) is 4.41. The molecule has 4 nitrogen and oxygen atoms in total. The van der Waals surface area contributed by atoms with E-state index in [4.69, 9.17) is 0 Å². The highest BCUT2D eigenvalue weighted by Gasteiger charge is 2.37. The van der Waals surface area contributed by atoms with Crippen molar-refractivity contribution >= 4 is 5.95 Å². The third kappa shape index (κ3) is 2.67. The first kappa shape index (κ1) is 14.5. The van der Waals surface area contributed by atoms with Crippen molar-refractivity contribution in [3.63, 3.8) is 0 Å². The number of benzene rings is 1. The molecular formula is C18H20N4. The maximum absolute atomic E-state index is 9.74. The number of hydrogen-bond acceptors (Lipinski definition) is 4. The first-order valence-electron chi connectivity index (χ1n) is 7.67. The van der Waals surface area contributed by atoms with Crippen LogP contribution in [0.5, 0.6) is 0 Å². The van der Waals surface area contributed by atoms with Crippen LogP contribution < -0.4 is 4.90 Å². The number of aromatic nitrogens is 2. The Kier molecular flexibility index (Phi) is 3.81. The SMILES string of the molecule is Cc1cc(C)nc(N2CCC(C#N)(c3ccccc3)CC2)n1. The summed E-state index contributed by atoms with van der Waals surface area (Å²) in [5.41, 5.74) is 2.72. The van der Waals surface area contributed by atoms with Gasteiger partial charge < -0.3 is 4.90 Å². The number of piperidine rings is 1. The summed E-state index contributed by atoms with van der Waals surface area (Å²) in [6.07, 6.45) is 1.62. The van der Waals surface area contributed by atoms with Gasteiger partial charge in [0.2, 0.25) is 5.95 Å². The molecule has 0 bridgehead atoms. The van der Waals surface area contributed by atoms with Crippen LogP contribution in [0.3, 0.4) is 0 Å². The lowest BCUT2D eigenvalue weighted by Gasteiger charge is -2.37. The summed E-state index contributed by atoms with van der Waals surface area (Å²) in [6.45, 7) is 5.61. The minimum Gasteiger partial charge on any atom is -0.341 e. The van der Waals surface area contributed by atoms with E-state index >= 15 is 0 Å². The Morgan fingerprint density at radius 1 is 1.05 bits per heavy atom. The minimum absolute atomic E-state index is 0.378. The van der Waals surface area contributed by atoms with Gasteiger partial charge in [-0.05, 0) is 38.3 Å². The van der Waals surface area contributed by atoms with Crippen molar-refractivity contribution in [3.8, 4) is 6.07 Å². The van der Waals surface area contributed by atoms with Crippen molar-refractivity contribution < 1.29 is 0 Å². The first-order valence-corrected chi connectivity index (χ1v) is 7.67. The van der Waals surface area contributed by atoms with Crippen molar-refractivity contribution in [2.24, 2.45) is 0 Å². The van der Waals surface area contributed by atoms with Gasteiger partial charge in [0.05, 0.1) is 11.5 Å². The Bertz CT molecular complexity index is 675. The van der Waals surface area contributed by atoms with Crippen molar-refractivity contribution in [1.29, 1.82) is 5.26 Å². The molecule has 2 aromatic rings. The quantitative estimate of drug-likeness (QED) is 0.853. The second-order valence-corrected chi connectivity index (χ2v) is 6.00. The molecule has 22 heavy (non-hydrogen) atoms. The third-order valence-corrected chi connectivity index (χ3v) is 4.41. The lowest BCUT2D eigenvalue weighted by atomic mass is 9.74. The van der Waals surface area contributed by atoms with Crippen molar-refractivity contribution in [2.45, 2.75) is 32.1 Å². The van der Waals surface area contributed by atoms with E-state index in [2.05, 4.69) is 33.1 Å². The summed E-state index contributed by atoms with van der Waals surface area (Å²) in [5.74, 6) is 0.789. The summed E-state index contributed by atoms with van der Waals surface area (Å²) < 4.78 is 0. The molecule has 0 spiro atoms. The Morgan fingerprint density at radius 2 is 1.64 bits per heavy atom. The number of rotatable bonds is 2. The molecule has 0 atom stereocenters. The van der Waals surface area contributed by atoms with Crippen molar-refractivity contribution in [1.82, 2.24) is 9.97 Å². The summed E-state index contributed by atoms with van der Waals surface area (Å²) in [4.78, 5) is 11.3. The molecule has 0 saturated carbocycles.